The smallest absolute Gasteiger partial charge is 0.416 e. The number of nitrogens with zero attached hydrogens (tertiary/aromatic N) is 2. The van der Waals surface area contributed by atoms with Crippen molar-refractivity contribution in [3.05, 3.63) is 65.7 Å². The number of halogens is 3. The monoisotopic (exact) mass is 595 g/mol. The quantitative estimate of drug-likeness (QED) is 0.502. The highest BCUT2D eigenvalue weighted by Crippen LogP contribution is 2.33. The Kier molecular flexibility index (Phi) is 9.03. The van der Waals surface area contributed by atoms with Gasteiger partial charge < -0.3 is 14.5 Å². The topological polar surface area (TPSA) is 96.0 Å². The summed E-state index contributed by atoms with van der Waals surface area (Å²) in [6.07, 6.45) is -3.21. The average Bonchev–Trinajstić information content (AvgIpc) is 2.92. The number of hydrogen-bond donors (Lipinski definition) is 1. The van der Waals surface area contributed by atoms with E-state index in [9.17, 15) is 31.2 Å². The van der Waals surface area contributed by atoms with Crippen molar-refractivity contribution in [2.24, 2.45) is 5.92 Å². The number of alkyl halides is 3. The lowest BCUT2D eigenvalue weighted by molar-refractivity contribution is -0.142. The molecule has 4 rings (SSSR count). The van der Waals surface area contributed by atoms with Gasteiger partial charge in [0.15, 0.2) is 0 Å². The van der Waals surface area contributed by atoms with Crippen molar-refractivity contribution in [3.63, 3.8) is 0 Å². The second-order valence-corrected chi connectivity index (χ2v) is 13.3. The molecular formula is C29H36F3N3O5S. The van der Waals surface area contributed by atoms with Crippen LogP contribution in [-0.4, -0.2) is 61.5 Å². The summed E-state index contributed by atoms with van der Waals surface area (Å²) in [7, 11) is -4.01. The number of hydrogen-bond acceptors (Lipinski definition) is 5. The van der Waals surface area contributed by atoms with Gasteiger partial charge in [-0.25, -0.2) is 17.9 Å². The van der Waals surface area contributed by atoms with E-state index in [4.69, 9.17) is 4.74 Å². The number of ether oxygens (including phenoxy) is 1. The van der Waals surface area contributed by atoms with E-state index in [-0.39, 0.29) is 22.8 Å². The van der Waals surface area contributed by atoms with Crippen LogP contribution in [0.25, 0.3) is 0 Å². The molecular weight excluding hydrogens is 559 g/mol. The molecule has 1 atom stereocenters. The summed E-state index contributed by atoms with van der Waals surface area (Å²) in [5.41, 5.74) is -0.651. The Labute approximate surface area is 238 Å². The molecule has 1 aliphatic carbocycles. The molecule has 2 aliphatic rings. The van der Waals surface area contributed by atoms with Crippen molar-refractivity contribution >= 4 is 22.0 Å². The maximum atomic E-state index is 13.7. The van der Waals surface area contributed by atoms with Gasteiger partial charge in [-0.05, 0) is 76.3 Å². The highest BCUT2D eigenvalue weighted by molar-refractivity contribution is 7.89. The second-order valence-electron chi connectivity index (χ2n) is 11.6. The lowest BCUT2D eigenvalue weighted by Crippen LogP contribution is -2.54. The Balaban J connectivity index is 1.39. The normalized spacial score (nSPS) is 22.3. The predicted octanol–water partition coefficient (Wildman–Crippen LogP) is 5.36. The van der Waals surface area contributed by atoms with E-state index >= 15 is 0 Å². The molecule has 0 radical (unpaired) electrons. The second kappa shape index (κ2) is 12.0. The molecule has 1 saturated heterocycles. The van der Waals surface area contributed by atoms with Crippen molar-refractivity contribution in [2.75, 3.05) is 19.6 Å². The molecule has 2 amide bonds. The standard InChI is InChI=1S/C29H36F3N3O5S/c1-28(2,3)40-27(37)34-17-18-35(25(19-34)20-7-5-4-6-8-20)26(36)21-9-13-23(14-10-21)33-41(38,39)24-15-11-22(12-16-24)29(30,31)32/h4-8,11-12,15-16,21,23,25,33H,9-10,13-14,17-19H2,1-3H3/t21-,23-,25?. The number of carbonyl (C=O) groups is 2. The van der Waals surface area contributed by atoms with Crippen LogP contribution in [0.3, 0.4) is 0 Å². The molecule has 1 N–H and O–H groups in total. The predicted molar refractivity (Wildman–Crippen MR) is 146 cm³/mol. The summed E-state index contributed by atoms with van der Waals surface area (Å²) in [5, 5.41) is 0. The molecule has 1 unspecified atom stereocenters. The molecule has 1 heterocycles. The van der Waals surface area contributed by atoms with Gasteiger partial charge in [0.25, 0.3) is 0 Å². The highest BCUT2D eigenvalue weighted by Gasteiger charge is 2.39. The highest BCUT2D eigenvalue weighted by atomic mass is 32.2. The Hall–Kier alpha value is -3.12. The first kappa shape index (κ1) is 30.8. The number of sulfonamides is 1. The van der Waals surface area contributed by atoms with Crippen LogP contribution in [0.5, 0.6) is 0 Å². The average molecular weight is 596 g/mol. The molecule has 2 fully saturated rings. The number of nitrogens with one attached hydrogen (secondary N) is 1. The summed E-state index contributed by atoms with van der Waals surface area (Å²) >= 11 is 0. The Bertz CT molecular complexity index is 1320. The summed E-state index contributed by atoms with van der Waals surface area (Å²) < 4.78 is 72.2. The fourth-order valence-corrected chi connectivity index (χ4v) is 6.61. The van der Waals surface area contributed by atoms with E-state index in [1.807, 2.05) is 35.2 Å². The van der Waals surface area contributed by atoms with Crippen LogP contribution in [-0.2, 0) is 25.7 Å². The van der Waals surface area contributed by atoms with Crippen molar-refractivity contribution in [2.45, 2.75) is 75.2 Å². The van der Waals surface area contributed by atoms with Crippen LogP contribution in [0.15, 0.2) is 59.5 Å². The maximum absolute atomic E-state index is 13.7. The third-order valence-corrected chi connectivity index (χ3v) is 8.93. The van der Waals surface area contributed by atoms with Gasteiger partial charge in [-0.1, -0.05) is 30.3 Å². The molecule has 12 heteroatoms. The van der Waals surface area contributed by atoms with Crippen LogP contribution in [0.2, 0.25) is 0 Å². The fraction of sp³-hybridized carbons (Fsp3) is 0.517. The summed E-state index contributed by atoms with van der Waals surface area (Å²) in [4.78, 5) is 29.7. The van der Waals surface area contributed by atoms with Gasteiger partial charge in [-0.2, -0.15) is 13.2 Å². The third kappa shape index (κ3) is 7.79. The number of benzene rings is 2. The van der Waals surface area contributed by atoms with E-state index in [0.717, 1.165) is 29.8 Å². The molecule has 41 heavy (non-hydrogen) atoms. The molecule has 2 aromatic carbocycles. The summed E-state index contributed by atoms with van der Waals surface area (Å²) in [6, 6.07) is 12.1. The Morgan fingerprint density at radius 1 is 0.902 bits per heavy atom. The Morgan fingerprint density at radius 3 is 2.07 bits per heavy atom. The van der Waals surface area contributed by atoms with Gasteiger partial charge in [0.05, 0.1) is 16.5 Å². The van der Waals surface area contributed by atoms with Crippen LogP contribution >= 0.6 is 0 Å². The minimum absolute atomic E-state index is 0.0354. The fourth-order valence-electron chi connectivity index (χ4n) is 5.30. The lowest BCUT2D eigenvalue weighted by atomic mass is 9.85. The number of piperazine rings is 1. The largest absolute Gasteiger partial charge is 0.444 e. The molecule has 1 saturated carbocycles. The molecule has 0 bridgehead atoms. The first-order valence-electron chi connectivity index (χ1n) is 13.7. The van der Waals surface area contributed by atoms with E-state index in [0.29, 0.717) is 45.3 Å². The van der Waals surface area contributed by atoms with Crippen molar-refractivity contribution in [1.82, 2.24) is 14.5 Å². The van der Waals surface area contributed by atoms with Gasteiger partial charge in [-0.15, -0.1) is 0 Å². The van der Waals surface area contributed by atoms with Crippen molar-refractivity contribution in [3.8, 4) is 0 Å². The zero-order valence-corrected chi connectivity index (χ0v) is 24.2. The molecule has 2 aromatic rings. The zero-order valence-electron chi connectivity index (χ0n) is 23.4. The van der Waals surface area contributed by atoms with Gasteiger partial charge in [0.2, 0.25) is 15.9 Å². The van der Waals surface area contributed by atoms with E-state index in [2.05, 4.69) is 4.72 Å². The maximum Gasteiger partial charge on any atom is 0.416 e. The lowest BCUT2D eigenvalue weighted by Gasteiger charge is -2.43. The van der Waals surface area contributed by atoms with E-state index in [1.54, 1.807) is 25.7 Å². The molecule has 0 aromatic heterocycles. The number of carbonyl (C=O) groups excluding carboxylic acids is 2. The molecule has 0 spiro atoms. The number of rotatable bonds is 5. The first-order valence-corrected chi connectivity index (χ1v) is 15.2. The van der Waals surface area contributed by atoms with E-state index in [1.165, 1.54) is 0 Å². The van der Waals surface area contributed by atoms with Crippen LogP contribution in [0.4, 0.5) is 18.0 Å². The van der Waals surface area contributed by atoms with Gasteiger partial charge >= 0.3 is 12.3 Å². The van der Waals surface area contributed by atoms with Gasteiger partial charge in [-0.3, -0.25) is 4.79 Å². The van der Waals surface area contributed by atoms with Crippen LogP contribution in [0, 0.1) is 5.92 Å². The van der Waals surface area contributed by atoms with Crippen LogP contribution < -0.4 is 4.72 Å². The summed E-state index contributed by atoms with van der Waals surface area (Å²) in [5.74, 6) is -0.340. The van der Waals surface area contributed by atoms with Crippen molar-refractivity contribution in [1.29, 1.82) is 0 Å². The minimum atomic E-state index is -4.55. The first-order chi connectivity index (χ1) is 19.1. The van der Waals surface area contributed by atoms with Gasteiger partial charge in [0.1, 0.15) is 5.60 Å². The number of amides is 2. The molecule has 8 nitrogen and oxygen atoms in total. The Morgan fingerprint density at radius 2 is 1.51 bits per heavy atom. The molecule has 224 valence electrons. The SMILES string of the molecule is CC(C)(C)OC(=O)N1CCN(C(=O)[C@H]2CC[C@H](NS(=O)(=O)c3ccc(C(F)(F)F)cc3)CC2)C(c2ccccc2)C1. The van der Waals surface area contributed by atoms with Gasteiger partial charge in [0, 0.05) is 31.6 Å². The van der Waals surface area contributed by atoms with Crippen LogP contribution in [0.1, 0.15) is 63.6 Å². The van der Waals surface area contributed by atoms with E-state index < -0.39 is 39.5 Å². The minimum Gasteiger partial charge on any atom is -0.444 e. The van der Waals surface area contributed by atoms with Crippen molar-refractivity contribution < 1.29 is 35.9 Å². The summed E-state index contributed by atoms with van der Waals surface area (Å²) in [6.45, 7) is 6.40. The zero-order chi connectivity index (χ0) is 30.0. The third-order valence-electron chi connectivity index (χ3n) is 7.39. The molecule has 1 aliphatic heterocycles.